The molecule has 0 spiro atoms. The number of nitrogens with one attached hydrogen (secondary N) is 1. The molecule has 5 nitrogen and oxygen atoms in total. The van der Waals surface area contributed by atoms with Crippen molar-refractivity contribution in [2.24, 2.45) is 0 Å². The van der Waals surface area contributed by atoms with Crippen LogP contribution in [0.3, 0.4) is 0 Å². The van der Waals surface area contributed by atoms with E-state index in [0.717, 1.165) is 24.4 Å². The van der Waals surface area contributed by atoms with E-state index in [9.17, 15) is 4.79 Å². The van der Waals surface area contributed by atoms with Crippen LogP contribution in [-0.4, -0.2) is 43.7 Å². The highest BCUT2D eigenvalue weighted by Crippen LogP contribution is 2.22. The van der Waals surface area contributed by atoms with Crippen LogP contribution < -0.4 is 5.32 Å². The fraction of sp³-hybridized carbons (Fsp3) is 0.353. The summed E-state index contributed by atoms with van der Waals surface area (Å²) in [6, 6.07) is 13.3. The molecule has 22 heavy (non-hydrogen) atoms. The summed E-state index contributed by atoms with van der Waals surface area (Å²) in [5.41, 5.74) is 1.01. The smallest absolute Gasteiger partial charge is 0.235 e. The molecule has 1 aliphatic rings. The third-order valence-electron chi connectivity index (χ3n) is 3.74. The summed E-state index contributed by atoms with van der Waals surface area (Å²) in [5.74, 6) is 0.730. The molecule has 1 aromatic heterocycles. The van der Waals surface area contributed by atoms with Crippen molar-refractivity contribution in [3.8, 4) is 0 Å². The van der Waals surface area contributed by atoms with Crippen LogP contribution in [0.1, 0.15) is 17.4 Å². The Morgan fingerprint density at radius 1 is 1.14 bits per heavy atom. The van der Waals surface area contributed by atoms with Crippen molar-refractivity contribution >= 4 is 5.91 Å². The molecule has 1 atom stereocenters. The van der Waals surface area contributed by atoms with Crippen molar-refractivity contribution in [3.05, 3.63) is 60.1 Å². The lowest BCUT2D eigenvalue weighted by Gasteiger charge is -2.27. The first-order valence-electron chi connectivity index (χ1n) is 7.51. The van der Waals surface area contributed by atoms with E-state index in [-0.39, 0.29) is 11.9 Å². The van der Waals surface area contributed by atoms with Gasteiger partial charge < -0.3 is 14.5 Å². The summed E-state index contributed by atoms with van der Waals surface area (Å²) >= 11 is 0. The van der Waals surface area contributed by atoms with Crippen molar-refractivity contribution in [2.75, 3.05) is 32.8 Å². The summed E-state index contributed by atoms with van der Waals surface area (Å²) < 4.78 is 10.8. The third-order valence-corrected chi connectivity index (χ3v) is 3.74. The molecule has 0 radical (unpaired) electrons. The van der Waals surface area contributed by atoms with E-state index in [4.69, 9.17) is 9.15 Å². The standard InChI is InChI=1S/C17H20N2O3/c20-16(13-19-8-11-21-12-9-19)18-17(15-7-4-10-22-15)14-5-2-1-3-6-14/h1-7,10,17H,8-9,11-13H2,(H,18,20). The van der Waals surface area contributed by atoms with Crippen LogP contribution in [0.15, 0.2) is 53.1 Å². The van der Waals surface area contributed by atoms with Gasteiger partial charge in [-0.3, -0.25) is 9.69 Å². The lowest BCUT2D eigenvalue weighted by Crippen LogP contribution is -2.44. The highest BCUT2D eigenvalue weighted by molar-refractivity contribution is 5.79. The maximum Gasteiger partial charge on any atom is 0.235 e. The van der Waals surface area contributed by atoms with Crippen molar-refractivity contribution in [1.82, 2.24) is 10.2 Å². The van der Waals surface area contributed by atoms with E-state index in [2.05, 4.69) is 10.2 Å². The zero-order chi connectivity index (χ0) is 15.2. The number of amides is 1. The van der Waals surface area contributed by atoms with Crippen molar-refractivity contribution in [3.63, 3.8) is 0 Å². The summed E-state index contributed by atoms with van der Waals surface area (Å²) in [4.78, 5) is 14.5. The Morgan fingerprint density at radius 2 is 1.91 bits per heavy atom. The van der Waals surface area contributed by atoms with E-state index in [1.807, 2.05) is 42.5 Å². The van der Waals surface area contributed by atoms with Gasteiger partial charge in [-0.2, -0.15) is 0 Å². The Balaban J connectivity index is 1.69. The zero-order valence-corrected chi connectivity index (χ0v) is 12.4. The van der Waals surface area contributed by atoms with Crippen LogP contribution >= 0.6 is 0 Å². The molecule has 1 aromatic carbocycles. The number of morpholine rings is 1. The molecule has 1 fully saturated rings. The fourth-order valence-corrected chi connectivity index (χ4v) is 2.59. The first kappa shape index (κ1) is 14.8. The van der Waals surface area contributed by atoms with Crippen LogP contribution in [-0.2, 0) is 9.53 Å². The molecule has 2 heterocycles. The van der Waals surface area contributed by atoms with Gasteiger partial charge in [-0.25, -0.2) is 0 Å². The molecule has 2 aromatic rings. The third kappa shape index (κ3) is 3.75. The Morgan fingerprint density at radius 3 is 2.59 bits per heavy atom. The molecular formula is C17H20N2O3. The van der Waals surface area contributed by atoms with E-state index >= 15 is 0 Å². The number of nitrogens with zero attached hydrogens (tertiary/aromatic N) is 1. The predicted octanol–water partition coefficient (Wildman–Crippen LogP) is 1.82. The van der Waals surface area contributed by atoms with Gasteiger partial charge in [0.2, 0.25) is 5.91 Å². The fourth-order valence-electron chi connectivity index (χ4n) is 2.59. The van der Waals surface area contributed by atoms with Crippen LogP contribution in [0.4, 0.5) is 0 Å². The average Bonchev–Trinajstić information content (AvgIpc) is 3.08. The first-order valence-corrected chi connectivity index (χ1v) is 7.51. The molecule has 1 amide bonds. The van der Waals surface area contributed by atoms with Crippen molar-refractivity contribution in [1.29, 1.82) is 0 Å². The molecule has 0 aliphatic carbocycles. The number of furan rings is 1. The Kier molecular flexibility index (Phi) is 4.88. The maximum absolute atomic E-state index is 12.4. The van der Waals surface area contributed by atoms with Gasteiger partial charge in [0.15, 0.2) is 0 Å². The van der Waals surface area contributed by atoms with Gasteiger partial charge in [-0.15, -0.1) is 0 Å². The molecule has 1 saturated heterocycles. The second-order valence-electron chi connectivity index (χ2n) is 5.32. The second kappa shape index (κ2) is 7.24. The predicted molar refractivity (Wildman–Crippen MR) is 82.4 cm³/mol. The zero-order valence-electron chi connectivity index (χ0n) is 12.4. The van der Waals surface area contributed by atoms with Crippen molar-refractivity contribution < 1.29 is 13.9 Å². The quantitative estimate of drug-likeness (QED) is 0.915. The SMILES string of the molecule is O=C(CN1CCOCC1)NC(c1ccccc1)c1ccco1. The van der Waals surface area contributed by atoms with E-state index in [1.165, 1.54) is 0 Å². The van der Waals surface area contributed by atoms with E-state index < -0.39 is 0 Å². The lowest BCUT2D eigenvalue weighted by atomic mass is 10.0. The minimum Gasteiger partial charge on any atom is -0.467 e. The van der Waals surface area contributed by atoms with Gasteiger partial charge in [-0.05, 0) is 17.7 Å². The highest BCUT2D eigenvalue weighted by atomic mass is 16.5. The summed E-state index contributed by atoms with van der Waals surface area (Å²) in [5, 5.41) is 3.07. The molecule has 5 heteroatoms. The van der Waals surface area contributed by atoms with Gasteiger partial charge >= 0.3 is 0 Å². The minimum absolute atomic E-state index is 0.00727. The topological polar surface area (TPSA) is 54.7 Å². The Hall–Kier alpha value is -2.11. The largest absolute Gasteiger partial charge is 0.467 e. The number of benzene rings is 1. The average molecular weight is 300 g/mol. The van der Waals surface area contributed by atoms with Gasteiger partial charge in [0, 0.05) is 13.1 Å². The highest BCUT2D eigenvalue weighted by Gasteiger charge is 2.21. The molecule has 1 N–H and O–H groups in total. The number of carbonyl (C=O) groups excluding carboxylic acids is 1. The van der Waals surface area contributed by atoms with Crippen LogP contribution in [0.5, 0.6) is 0 Å². The van der Waals surface area contributed by atoms with Gasteiger partial charge in [0.25, 0.3) is 0 Å². The van der Waals surface area contributed by atoms with Gasteiger partial charge in [0.05, 0.1) is 26.0 Å². The summed E-state index contributed by atoms with van der Waals surface area (Å²) in [7, 11) is 0. The Bertz CT molecular complexity index is 577. The number of hydrogen-bond acceptors (Lipinski definition) is 4. The van der Waals surface area contributed by atoms with Crippen LogP contribution in [0.25, 0.3) is 0 Å². The van der Waals surface area contributed by atoms with Crippen molar-refractivity contribution in [2.45, 2.75) is 6.04 Å². The summed E-state index contributed by atoms with van der Waals surface area (Å²) in [6.07, 6.45) is 1.62. The Labute approximate surface area is 129 Å². The molecule has 0 saturated carbocycles. The van der Waals surface area contributed by atoms with E-state index in [0.29, 0.717) is 19.8 Å². The number of rotatable bonds is 5. The molecule has 1 unspecified atom stereocenters. The molecule has 116 valence electrons. The first-order chi connectivity index (χ1) is 10.8. The van der Waals surface area contributed by atoms with Crippen LogP contribution in [0.2, 0.25) is 0 Å². The molecule has 1 aliphatic heterocycles. The monoisotopic (exact) mass is 300 g/mol. The normalized spacial score (nSPS) is 17.1. The van der Waals surface area contributed by atoms with E-state index in [1.54, 1.807) is 6.26 Å². The second-order valence-corrected chi connectivity index (χ2v) is 5.32. The molecular weight excluding hydrogens is 280 g/mol. The molecule has 0 bridgehead atoms. The number of carbonyl (C=O) groups is 1. The van der Waals surface area contributed by atoms with Gasteiger partial charge in [-0.1, -0.05) is 30.3 Å². The minimum atomic E-state index is -0.259. The lowest BCUT2D eigenvalue weighted by molar-refractivity contribution is -0.123. The molecule has 3 rings (SSSR count). The van der Waals surface area contributed by atoms with Crippen LogP contribution in [0, 0.1) is 0 Å². The van der Waals surface area contributed by atoms with Gasteiger partial charge in [0.1, 0.15) is 11.8 Å². The maximum atomic E-state index is 12.4. The summed E-state index contributed by atoms with van der Waals surface area (Å²) in [6.45, 7) is 3.35. The number of hydrogen-bond donors (Lipinski definition) is 1. The number of ether oxygens (including phenoxy) is 1.